The molecule has 0 radical (unpaired) electrons. The maximum Gasteiger partial charge on any atom is 0.337 e. The van der Waals surface area contributed by atoms with Gasteiger partial charge in [-0.3, -0.25) is 4.98 Å². The van der Waals surface area contributed by atoms with Crippen molar-refractivity contribution >= 4 is 17.7 Å². The van der Waals surface area contributed by atoms with E-state index in [0.29, 0.717) is 24.8 Å². The highest BCUT2D eigenvalue weighted by Crippen LogP contribution is 2.16. The van der Waals surface area contributed by atoms with Crippen LogP contribution in [0.5, 0.6) is 0 Å². The van der Waals surface area contributed by atoms with E-state index in [-0.39, 0.29) is 11.6 Å². The number of carbonyl (C=O) groups is 2. The van der Waals surface area contributed by atoms with Gasteiger partial charge in [-0.15, -0.1) is 0 Å². The van der Waals surface area contributed by atoms with Crippen LogP contribution in [0.15, 0.2) is 18.5 Å². The Bertz CT molecular complexity index is 525. The van der Waals surface area contributed by atoms with Gasteiger partial charge in [-0.25, -0.2) is 9.59 Å². The van der Waals surface area contributed by atoms with Crippen LogP contribution in [0.4, 0.5) is 10.5 Å². The van der Waals surface area contributed by atoms with Crippen molar-refractivity contribution in [2.75, 3.05) is 32.5 Å². The number of aromatic carboxylic acids is 1. The van der Waals surface area contributed by atoms with Crippen LogP contribution < -0.4 is 5.32 Å². The Balaban J connectivity index is 1.93. The van der Waals surface area contributed by atoms with Gasteiger partial charge in [-0.1, -0.05) is 0 Å². The van der Waals surface area contributed by atoms with Crippen molar-refractivity contribution in [1.29, 1.82) is 0 Å². The lowest BCUT2D eigenvalue weighted by molar-refractivity contribution is 0.0696. The summed E-state index contributed by atoms with van der Waals surface area (Å²) in [6.45, 7) is 1.39. The van der Waals surface area contributed by atoms with Crippen LogP contribution in [0.25, 0.3) is 0 Å². The van der Waals surface area contributed by atoms with Gasteiger partial charge in [0.05, 0.1) is 17.4 Å². The zero-order valence-corrected chi connectivity index (χ0v) is 12.2. The predicted molar refractivity (Wildman–Crippen MR) is 78.5 cm³/mol. The largest absolute Gasteiger partial charge is 0.478 e. The first-order valence-corrected chi connectivity index (χ1v) is 6.88. The van der Waals surface area contributed by atoms with Gasteiger partial charge < -0.3 is 20.2 Å². The van der Waals surface area contributed by atoms with E-state index in [2.05, 4.69) is 15.2 Å². The number of carboxylic acids is 1. The Hall–Kier alpha value is -2.15. The summed E-state index contributed by atoms with van der Waals surface area (Å²) in [5, 5.41) is 11.6. The lowest BCUT2D eigenvalue weighted by Gasteiger charge is -2.35. The number of hydrogen-bond donors (Lipinski definition) is 2. The number of likely N-dealkylation sites (tertiary alicyclic amines) is 1. The van der Waals surface area contributed by atoms with E-state index in [1.54, 1.807) is 4.90 Å². The third-order valence-electron chi connectivity index (χ3n) is 3.72. The molecule has 2 heterocycles. The number of carboxylic acid groups (broad SMARTS) is 1. The minimum atomic E-state index is -1.06. The van der Waals surface area contributed by atoms with Crippen molar-refractivity contribution < 1.29 is 14.7 Å². The van der Waals surface area contributed by atoms with Crippen LogP contribution in [0, 0.1) is 0 Å². The number of pyridine rings is 1. The maximum atomic E-state index is 12.2. The highest BCUT2D eigenvalue weighted by Gasteiger charge is 2.23. The fourth-order valence-corrected chi connectivity index (χ4v) is 2.41. The van der Waals surface area contributed by atoms with Gasteiger partial charge in [-0.05, 0) is 33.0 Å². The molecule has 7 heteroatoms. The number of carbonyl (C=O) groups excluding carboxylic acids is 1. The van der Waals surface area contributed by atoms with E-state index in [9.17, 15) is 9.59 Å². The van der Waals surface area contributed by atoms with Crippen LogP contribution in [0.2, 0.25) is 0 Å². The SMILES string of the molecule is CN(C)C1CCN(C(=O)Nc2cncc(C(=O)O)c2)CC1. The molecule has 1 aliphatic rings. The fraction of sp³-hybridized carbons (Fsp3) is 0.500. The first-order valence-electron chi connectivity index (χ1n) is 6.88. The summed E-state index contributed by atoms with van der Waals surface area (Å²) in [4.78, 5) is 30.8. The van der Waals surface area contributed by atoms with Crippen molar-refractivity contribution in [3.8, 4) is 0 Å². The van der Waals surface area contributed by atoms with Crippen LogP contribution in [-0.2, 0) is 0 Å². The summed E-state index contributed by atoms with van der Waals surface area (Å²) in [5.74, 6) is -1.06. The number of amides is 2. The number of urea groups is 1. The molecule has 2 rings (SSSR count). The molecular formula is C14H20N4O3. The predicted octanol–water partition coefficient (Wildman–Crippen LogP) is 1.34. The van der Waals surface area contributed by atoms with E-state index in [1.165, 1.54) is 18.5 Å². The van der Waals surface area contributed by atoms with Gasteiger partial charge in [-0.2, -0.15) is 0 Å². The van der Waals surface area contributed by atoms with Crippen molar-refractivity contribution in [2.45, 2.75) is 18.9 Å². The second kappa shape index (κ2) is 6.53. The lowest BCUT2D eigenvalue weighted by atomic mass is 10.0. The number of hydrogen-bond acceptors (Lipinski definition) is 4. The summed E-state index contributed by atoms with van der Waals surface area (Å²) in [5.41, 5.74) is 0.453. The van der Waals surface area contributed by atoms with Crippen molar-refractivity contribution in [3.63, 3.8) is 0 Å². The van der Waals surface area contributed by atoms with Gasteiger partial charge in [0.1, 0.15) is 0 Å². The van der Waals surface area contributed by atoms with Crippen molar-refractivity contribution in [3.05, 3.63) is 24.0 Å². The zero-order valence-electron chi connectivity index (χ0n) is 12.2. The molecule has 21 heavy (non-hydrogen) atoms. The molecule has 2 N–H and O–H groups in total. The molecule has 7 nitrogen and oxygen atoms in total. The Kier molecular flexibility index (Phi) is 4.74. The van der Waals surface area contributed by atoms with Gasteiger partial charge in [0, 0.05) is 25.3 Å². The average molecular weight is 292 g/mol. The molecule has 2 amide bonds. The van der Waals surface area contributed by atoms with E-state index in [4.69, 9.17) is 5.11 Å². The van der Waals surface area contributed by atoms with Crippen LogP contribution >= 0.6 is 0 Å². The van der Waals surface area contributed by atoms with Gasteiger partial charge in [0.25, 0.3) is 0 Å². The van der Waals surface area contributed by atoms with E-state index < -0.39 is 5.97 Å². The van der Waals surface area contributed by atoms with Crippen LogP contribution in [0.3, 0.4) is 0 Å². The van der Waals surface area contributed by atoms with E-state index in [1.807, 2.05) is 14.1 Å². The average Bonchev–Trinajstić information content (AvgIpc) is 2.47. The van der Waals surface area contributed by atoms with E-state index >= 15 is 0 Å². The van der Waals surface area contributed by atoms with Crippen molar-refractivity contribution in [2.24, 2.45) is 0 Å². The summed E-state index contributed by atoms with van der Waals surface area (Å²) >= 11 is 0. The third-order valence-corrected chi connectivity index (χ3v) is 3.72. The summed E-state index contributed by atoms with van der Waals surface area (Å²) in [6, 6.07) is 1.70. The topological polar surface area (TPSA) is 85.8 Å². The Morgan fingerprint density at radius 3 is 2.57 bits per heavy atom. The standard InChI is InChI=1S/C14H20N4O3/c1-17(2)12-3-5-18(6-4-12)14(21)16-11-7-10(13(19)20)8-15-9-11/h7-9,12H,3-6H2,1-2H3,(H,16,21)(H,19,20). The number of nitrogens with one attached hydrogen (secondary N) is 1. The smallest absolute Gasteiger partial charge is 0.337 e. The molecule has 1 aliphatic heterocycles. The lowest BCUT2D eigenvalue weighted by Crippen LogP contribution is -2.46. The normalized spacial score (nSPS) is 16.0. The highest BCUT2D eigenvalue weighted by atomic mass is 16.4. The molecule has 0 aliphatic carbocycles. The van der Waals surface area contributed by atoms with Gasteiger partial charge >= 0.3 is 12.0 Å². The minimum Gasteiger partial charge on any atom is -0.478 e. The highest BCUT2D eigenvalue weighted by molar-refractivity contribution is 5.92. The molecule has 114 valence electrons. The minimum absolute atomic E-state index is 0.0547. The summed E-state index contributed by atoms with van der Waals surface area (Å²) < 4.78 is 0. The Morgan fingerprint density at radius 2 is 2.00 bits per heavy atom. The third kappa shape index (κ3) is 3.91. The quantitative estimate of drug-likeness (QED) is 0.878. The number of anilines is 1. The molecule has 1 aromatic heterocycles. The molecule has 1 fully saturated rings. The molecule has 0 aromatic carbocycles. The summed E-state index contributed by atoms with van der Waals surface area (Å²) in [6.07, 6.45) is 4.57. The van der Waals surface area contributed by atoms with E-state index in [0.717, 1.165) is 12.8 Å². The van der Waals surface area contributed by atoms with Crippen LogP contribution in [-0.4, -0.2) is 65.1 Å². The molecular weight excluding hydrogens is 272 g/mol. The van der Waals surface area contributed by atoms with Crippen LogP contribution in [0.1, 0.15) is 23.2 Å². The Labute approximate surface area is 123 Å². The Morgan fingerprint density at radius 1 is 1.33 bits per heavy atom. The first kappa shape index (κ1) is 15.2. The first-order chi connectivity index (χ1) is 9.97. The molecule has 0 atom stereocenters. The molecule has 1 saturated heterocycles. The summed E-state index contributed by atoms with van der Waals surface area (Å²) in [7, 11) is 4.09. The second-order valence-corrected chi connectivity index (χ2v) is 5.38. The monoisotopic (exact) mass is 292 g/mol. The number of aromatic nitrogens is 1. The van der Waals surface area contributed by atoms with Gasteiger partial charge in [0.2, 0.25) is 0 Å². The number of rotatable bonds is 3. The molecule has 0 saturated carbocycles. The molecule has 0 spiro atoms. The maximum absolute atomic E-state index is 12.2. The molecule has 1 aromatic rings. The number of piperidine rings is 1. The zero-order chi connectivity index (χ0) is 15.4. The van der Waals surface area contributed by atoms with Gasteiger partial charge in [0.15, 0.2) is 0 Å². The second-order valence-electron chi connectivity index (χ2n) is 5.38. The number of nitrogens with zero attached hydrogens (tertiary/aromatic N) is 3. The fourth-order valence-electron chi connectivity index (χ4n) is 2.41. The molecule has 0 unspecified atom stereocenters. The molecule has 0 bridgehead atoms. The van der Waals surface area contributed by atoms with Crippen molar-refractivity contribution in [1.82, 2.24) is 14.8 Å².